The number of hydrogen-bond acceptors (Lipinski definition) is 5. The molecule has 1 amide bonds. The summed E-state index contributed by atoms with van der Waals surface area (Å²) in [6, 6.07) is 7.16. The largest absolute Gasteiger partial charge is 0.481 e. The number of aliphatic carboxylic acids is 1. The molecule has 29 heavy (non-hydrogen) atoms. The van der Waals surface area contributed by atoms with Gasteiger partial charge in [0.1, 0.15) is 4.32 Å². The number of fused-ring (bicyclic) bond motifs is 3. The van der Waals surface area contributed by atoms with Gasteiger partial charge in [-0.2, -0.15) is 0 Å². The number of carbonyl (C=O) groups excluding carboxylic acids is 1. The van der Waals surface area contributed by atoms with Crippen LogP contribution in [0.25, 0.3) is 6.08 Å². The number of benzene rings is 1. The van der Waals surface area contributed by atoms with Crippen molar-refractivity contribution in [3.8, 4) is 0 Å². The molecule has 1 aromatic rings. The van der Waals surface area contributed by atoms with Crippen molar-refractivity contribution in [1.82, 2.24) is 4.90 Å². The number of unbranched alkanes of at least 4 members (excludes halogenated alkanes) is 1. The van der Waals surface area contributed by atoms with Gasteiger partial charge in [0.2, 0.25) is 0 Å². The van der Waals surface area contributed by atoms with Crippen molar-refractivity contribution in [1.29, 1.82) is 0 Å². The van der Waals surface area contributed by atoms with E-state index in [1.807, 2.05) is 6.08 Å². The average Bonchev–Trinajstić information content (AvgIpc) is 3.34. The predicted molar refractivity (Wildman–Crippen MR) is 121 cm³/mol. The van der Waals surface area contributed by atoms with Gasteiger partial charge in [0.15, 0.2) is 0 Å². The molecule has 2 aliphatic heterocycles. The van der Waals surface area contributed by atoms with Gasteiger partial charge in [-0.05, 0) is 48.6 Å². The number of rotatable bonds is 7. The number of carboxylic acids is 1. The fraction of sp³-hybridized carbons (Fsp3) is 0.500. The molecule has 2 fully saturated rings. The molecule has 0 spiro atoms. The summed E-state index contributed by atoms with van der Waals surface area (Å²) in [7, 11) is 0. The summed E-state index contributed by atoms with van der Waals surface area (Å²) in [5, 5.41) is 8.88. The van der Waals surface area contributed by atoms with Crippen LogP contribution in [0.1, 0.15) is 62.5 Å². The van der Waals surface area contributed by atoms with Crippen LogP contribution in [0.5, 0.6) is 0 Å². The summed E-state index contributed by atoms with van der Waals surface area (Å²) >= 11 is 6.55. The van der Waals surface area contributed by atoms with Crippen LogP contribution in [0.3, 0.4) is 0 Å². The van der Waals surface area contributed by atoms with Gasteiger partial charge in [0.25, 0.3) is 5.91 Å². The van der Waals surface area contributed by atoms with Crippen molar-refractivity contribution in [3.63, 3.8) is 0 Å². The van der Waals surface area contributed by atoms with Crippen molar-refractivity contribution in [2.24, 2.45) is 0 Å². The lowest BCUT2D eigenvalue weighted by Crippen LogP contribution is -2.32. The van der Waals surface area contributed by atoms with E-state index in [4.69, 9.17) is 17.3 Å². The number of carbonyl (C=O) groups is 2. The highest BCUT2D eigenvalue weighted by atomic mass is 32.2. The van der Waals surface area contributed by atoms with Crippen molar-refractivity contribution >= 4 is 51.9 Å². The topological polar surface area (TPSA) is 60.9 Å². The van der Waals surface area contributed by atoms with E-state index in [0.717, 1.165) is 12.1 Å². The molecular weight excluding hydrogens is 404 g/mol. The summed E-state index contributed by atoms with van der Waals surface area (Å²) in [6.45, 7) is 3.47. The standard InChI is InChI=1S/C22H26N2O3S2/c1-2-3-10-23-17-6-4-5-15(17)16-12-14(7-8-18(16)23)13-19-21(27)24(22(28)29-19)11-9-20(25)26/h7-8,12-13,15,17H,2-6,9-11H2,1H3,(H,25,26)/b19-13+. The minimum absolute atomic E-state index is 0.102. The maximum Gasteiger partial charge on any atom is 0.305 e. The van der Waals surface area contributed by atoms with Crippen molar-refractivity contribution < 1.29 is 14.7 Å². The number of amides is 1. The van der Waals surface area contributed by atoms with Crippen molar-refractivity contribution in [3.05, 3.63) is 34.2 Å². The third-order valence-electron chi connectivity index (χ3n) is 6.11. The Bertz CT molecular complexity index is 883. The molecular formula is C22H26N2O3S2. The number of anilines is 1. The fourth-order valence-corrected chi connectivity index (χ4v) is 6.05. The van der Waals surface area contributed by atoms with Gasteiger partial charge < -0.3 is 10.0 Å². The molecule has 5 nitrogen and oxygen atoms in total. The molecule has 0 aromatic heterocycles. The number of carboxylic acid groups (broad SMARTS) is 1. The number of thioether (sulfide) groups is 1. The molecule has 2 heterocycles. The highest BCUT2D eigenvalue weighted by molar-refractivity contribution is 8.26. The predicted octanol–water partition coefficient (Wildman–Crippen LogP) is 4.62. The van der Waals surface area contributed by atoms with Crippen molar-refractivity contribution in [2.45, 2.75) is 57.4 Å². The average molecular weight is 431 g/mol. The Balaban J connectivity index is 1.57. The maximum absolute atomic E-state index is 12.7. The first-order valence-corrected chi connectivity index (χ1v) is 11.6. The van der Waals surface area contributed by atoms with E-state index >= 15 is 0 Å². The minimum Gasteiger partial charge on any atom is -0.481 e. The zero-order valence-electron chi connectivity index (χ0n) is 16.6. The maximum atomic E-state index is 12.7. The number of nitrogens with zero attached hydrogens (tertiary/aromatic N) is 2. The lowest BCUT2D eigenvalue weighted by molar-refractivity contribution is -0.137. The van der Waals surface area contributed by atoms with Crippen LogP contribution in [-0.4, -0.2) is 45.3 Å². The molecule has 2 atom stereocenters. The Morgan fingerprint density at radius 2 is 2.17 bits per heavy atom. The van der Waals surface area contributed by atoms with E-state index in [1.54, 1.807) is 0 Å². The Morgan fingerprint density at radius 3 is 2.93 bits per heavy atom. The Kier molecular flexibility index (Phi) is 5.97. The third kappa shape index (κ3) is 3.94. The van der Waals surface area contributed by atoms with Crippen LogP contribution >= 0.6 is 24.0 Å². The summed E-state index contributed by atoms with van der Waals surface area (Å²) in [6.07, 6.45) is 7.99. The first-order chi connectivity index (χ1) is 14.0. The molecule has 0 bridgehead atoms. The van der Waals surface area contributed by atoms with Crippen LogP contribution in [0.2, 0.25) is 0 Å². The van der Waals surface area contributed by atoms with Gasteiger partial charge >= 0.3 is 5.97 Å². The lowest BCUT2D eigenvalue weighted by atomic mass is 9.96. The second-order valence-electron chi connectivity index (χ2n) is 7.95. The Morgan fingerprint density at radius 1 is 1.34 bits per heavy atom. The highest BCUT2D eigenvalue weighted by Crippen LogP contribution is 2.49. The van der Waals surface area contributed by atoms with Gasteiger partial charge in [-0.3, -0.25) is 14.5 Å². The minimum atomic E-state index is -0.930. The van der Waals surface area contributed by atoms with E-state index in [0.29, 0.717) is 21.2 Å². The SMILES string of the molecule is CCCCN1c2ccc(/C=C3/SC(=S)N(CCC(=O)O)C3=O)cc2C2CCCC21. The van der Waals surface area contributed by atoms with Gasteiger partial charge in [-0.25, -0.2) is 0 Å². The number of hydrogen-bond donors (Lipinski definition) is 1. The van der Waals surface area contributed by atoms with E-state index < -0.39 is 5.97 Å². The van der Waals surface area contributed by atoms with Crippen molar-refractivity contribution in [2.75, 3.05) is 18.0 Å². The highest BCUT2D eigenvalue weighted by Gasteiger charge is 2.41. The first kappa shape index (κ1) is 20.4. The van der Waals surface area contributed by atoms with Crippen LogP contribution < -0.4 is 4.90 Å². The second kappa shape index (κ2) is 8.48. The molecule has 1 saturated heterocycles. The summed E-state index contributed by atoms with van der Waals surface area (Å²) < 4.78 is 0.435. The molecule has 154 valence electrons. The Hall–Kier alpha value is -1.86. The van der Waals surface area contributed by atoms with Crippen LogP contribution in [0, 0.1) is 0 Å². The molecule has 1 aromatic carbocycles. The summed E-state index contributed by atoms with van der Waals surface area (Å²) in [5.41, 5.74) is 3.79. The molecule has 1 N–H and O–H groups in total. The molecule has 4 rings (SSSR count). The number of thiocarbonyl (C=S) groups is 1. The van der Waals surface area contributed by atoms with Gasteiger partial charge in [0, 0.05) is 30.7 Å². The monoisotopic (exact) mass is 430 g/mol. The normalized spacial score (nSPS) is 24.5. The molecule has 3 aliphatic rings. The summed E-state index contributed by atoms with van der Waals surface area (Å²) in [4.78, 5) is 28.1. The first-order valence-electron chi connectivity index (χ1n) is 10.4. The Labute approximate surface area is 181 Å². The molecule has 7 heteroatoms. The molecule has 2 unspecified atom stereocenters. The quantitative estimate of drug-likeness (QED) is 0.503. The summed E-state index contributed by atoms with van der Waals surface area (Å²) in [5.74, 6) is -0.522. The van der Waals surface area contributed by atoms with Gasteiger partial charge in [-0.15, -0.1) is 0 Å². The van der Waals surface area contributed by atoms with Crippen LogP contribution in [0.15, 0.2) is 23.1 Å². The zero-order chi connectivity index (χ0) is 20.5. The van der Waals surface area contributed by atoms with Gasteiger partial charge in [0.05, 0.1) is 11.3 Å². The fourth-order valence-electron chi connectivity index (χ4n) is 4.74. The van der Waals surface area contributed by atoms with Crippen LogP contribution in [-0.2, 0) is 9.59 Å². The smallest absolute Gasteiger partial charge is 0.305 e. The van der Waals surface area contributed by atoms with Gasteiger partial charge in [-0.1, -0.05) is 49.8 Å². The van der Waals surface area contributed by atoms with E-state index in [1.165, 1.54) is 60.0 Å². The third-order valence-corrected chi connectivity index (χ3v) is 7.49. The molecule has 1 saturated carbocycles. The molecule has 1 aliphatic carbocycles. The lowest BCUT2D eigenvalue weighted by Gasteiger charge is -2.26. The van der Waals surface area contributed by atoms with Crippen LogP contribution in [0.4, 0.5) is 5.69 Å². The van der Waals surface area contributed by atoms with E-state index in [2.05, 4.69) is 30.0 Å². The van der Waals surface area contributed by atoms with E-state index in [9.17, 15) is 9.59 Å². The van der Waals surface area contributed by atoms with E-state index in [-0.39, 0.29) is 18.9 Å². The zero-order valence-corrected chi connectivity index (χ0v) is 18.2. The second-order valence-corrected chi connectivity index (χ2v) is 9.62. The molecule has 0 radical (unpaired) electrons.